The molecule has 0 saturated carbocycles. The van der Waals surface area contributed by atoms with E-state index in [0.717, 1.165) is 26.2 Å². The molecule has 1 aliphatic heterocycles. The Morgan fingerprint density at radius 2 is 2.40 bits per heavy atom. The van der Waals surface area contributed by atoms with Crippen molar-refractivity contribution in [2.24, 2.45) is 5.92 Å². The van der Waals surface area contributed by atoms with Gasteiger partial charge in [0.2, 0.25) is 0 Å². The van der Waals surface area contributed by atoms with Crippen LogP contribution in [0.25, 0.3) is 0 Å². The number of nitrogens with two attached hydrogens (primary N) is 1. The van der Waals surface area contributed by atoms with Crippen molar-refractivity contribution in [3.05, 3.63) is 24.0 Å². The van der Waals surface area contributed by atoms with E-state index in [1.807, 2.05) is 0 Å². The molecular formula is C11H15FN2O. The Labute approximate surface area is 88.4 Å². The third-order valence-electron chi connectivity index (χ3n) is 2.66. The number of anilines is 2. The summed E-state index contributed by atoms with van der Waals surface area (Å²) in [4.78, 5) is 0. The number of benzene rings is 1. The summed E-state index contributed by atoms with van der Waals surface area (Å²) in [5, 5.41) is 3.15. The number of hydrogen-bond acceptors (Lipinski definition) is 3. The molecule has 0 aliphatic carbocycles. The normalized spacial score (nSPS) is 20.5. The van der Waals surface area contributed by atoms with Crippen molar-refractivity contribution < 1.29 is 9.13 Å². The summed E-state index contributed by atoms with van der Waals surface area (Å²) in [5.41, 5.74) is 6.46. The second-order valence-electron chi connectivity index (χ2n) is 3.81. The molecule has 0 aromatic heterocycles. The highest BCUT2D eigenvalue weighted by Crippen LogP contribution is 2.22. The van der Waals surface area contributed by atoms with Crippen molar-refractivity contribution in [3.8, 4) is 0 Å². The van der Waals surface area contributed by atoms with E-state index in [9.17, 15) is 4.39 Å². The van der Waals surface area contributed by atoms with Crippen LogP contribution in [0.15, 0.2) is 18.2 Å². The number of hydrogen-bond donors (Lipinski definition) is 2. The van der Waals surface area contributed by atoms with Gasteiger partial charge in [-0.25, -0.2) is 4.39 Å². The van der Waals surface area contributed by atoms with Gasteiger partial charge in [0.25, 0.3) is 0 Å². The number of nitrogen functional groups attached to an aromatic ring is 1. The highest BCUT2D eigenvalue weighted by atomic mass is 19.1. The lowest BCUT2D eigenvalue weighted by Gasteiger charge is -2.12. The topological polar surface area (TPSA) is 47.3 Å². The van der Waals surface area contributed by atoms with Gasteiger partial charge < -0.3 is 15.8 Å². The smallest absolute Gasteiger partial charge is 0.148 e. The molecule has 1 saturated heterocycles. The quantitative estimate of drug-likeness (QED) is 0.748. The van der Waals surface area contributed by atoms with Gasteiger partial charge in [-0.3, -0.25) is 0 Å². The molecule has 0 bridgehead atoms. The van der Waals surface area contributed by atoms with E-state index in [2.05, 4.69) is 5.32 Å². The Hall–Kier alpha value is -1.29. The molecule has 1 fully saturated rings. The lowest BCUT2D eigenvalue weighted by molar-refractivity contribution is 0.187. The molecule has 1 aromatic rings. The summed E-state index contributed by atoms with van der Waals surface area (Å²) in [6.07, 6.45) is 1.06. The molecule has 3 N–H and O–H groups in total. The lowest BCUT2D eigenvalue weighted by atomic mass is 10.1. The van der Waals surface area contributed by atoms with Crippen LogP contribution in [0.4, 0.5) is 15.8 Å². The molecule has 0 amide bonds. The molecule has 15 heavy (non-hydrogen) atoms. The molecule has 1 heterocycles. The number of ether oxygens (including phenoxy) is 1. The second kappa shape index (κ2) is 4.49. The van der Waals surface area contributed by atoms with Gasteiger partial charge in [0, 0.05) is 19.1 Å². The number of rotatable bonds is 3. The fraction of sp³-hybridized carbons (Fsp3) is 0.455. The largest absolute Gasteiger partial charge is 0.395 e. The summed E-state index contributed by atoms with van der Waals surface area (Å²) in [7, 11) is 0. The van der Waals surface area contributed by atoms with E-state index in [4.69, 9.17) is 10.5 Å². The van der Waals surface area contributed by atoms with Crippen molar-refractivity contribution in [3.63, 3.8) is 0 Å². The predicted octanol–water partition coefficient (Wildman–Crippen LogP) is 1.86. The van der Waals surface area contributed by atoms with Gasteiger partial charge in [0.1, 0.15) is 5.82 Å². The maximum absolute atomic E-state index is 13.1. The van der Waals surface area contributed by atoms with Gasteiger partial charge in [-0.05, 0) is 18.6 Å². The monoisotopic (exact) mass is 210 g/mol. The van der Waals surface area contributed by atoms with E-state index >= 15 is 0 Å². The maximum atomic E-state index is 13.1. The first-order valence-electron chi connectivity index (χ1n) is 5.13. The molecule has 2 rings (SSSR count). The summed E-state index contributed by atoms with van der Waals surface area (Å²) in [6.45, 7) is 2.39. The Balaban J connectivity index is 1.95. The van der Waals surface area contributed by atoms with Crippen molar-refractivity contribution in [1.29, 1.82) is 0 Å². The first-order chi connectivity index (χ1) is 7.27. The summed E-state index contributed by atoms with van der Waals surface area (Å²) in [5.74, 6) is 0.135. The average molecular weight is 210 g/mol. The van der Waals surface area contributed by atoms with Crippen molar-refractivity contribution in [1.82, 2.24) is 0 Å². The van der Waals surface area contributed by atoms with E-state index in [1.165, 1.54) is 6.07 Å². The van der Waals surface area contributed by atoms with Crippen molar-refractivity contribution in [2.75, 3.05) is 30.8 Å². The van der Waals surface area contributed by atoms with Crippen molar-refractivity contribution in [2.45, 2.75) is 6.42 Å². The highest BCUT2D eigenvalue weighted by molar-refractivity contribution is 5.66. The van der Waals surface area contributed by atoms with Crippen LogP contribution in [0.1, 0.15) is 6.42 Å². The summed E-state index contributed by atoms with van der Waals surface area (Å²) < 4.78 is 18.3. The highest BCUT2D eigenvalue weighted by Gasteiger charge is 2.15. The minimum absolute atomic E-state index is 0.191. The fourth-order valence-electron chi connectivity index (χ4n) is 1.69. The van der Waals surface area contributed by atoms with Gasteiger partial charge in [0.05, 0.1) is 18.0 Å². The molecule has 82 valence electrons. The van der Waals surface area contributed by atoms with Crippen LogP contribution < -0.4 is 11.1 Å². The van der Waals surface area contributed by atoms with Gasteiger partial charge in [-0.2, -0.15) is 0 Å². The van der Waals surface area contributed by atoms with E-state index in [0.29, 0.717) is 11.6 Å². The standard InChI is InChI=1S/C11H15FN2O/c12-9-2-1-3-10(11(9)13)14-6-8-4-5-15-7-8/h1-3,8,14H,4-7,13H2. The fourth-order valence-corrected chi connectivity index (χ4v) is 1.69. The summed E-state index contributed by atoms with van der Waals surface area (Å²) in [6, 6.07) is 4.80. The minimum Gasteiger partial charge on any atom is -0.395 e. The Bertz CT molecular complexity index is 337. The zero-order chi connectivity index (χ0) is 10.7. The molecule has 3 nitrogen and oxygen atoms in total. The van der Waals surface area contributed by atoms with Crippen molar-refractivity contribution >= 4 is 11.4 Å². The molecule has 4 heteroatoms. The van der Waals surface area contributed by atoms with Crippen LogP contribution in [-0.2, 0) is 4.74 Å². The minimum atomic E-state index is -0.373. The third kappa shape index (κ3) is 2.39. The number of para-hydroxylation sites is 1. The zero-order valence-electron chi connectivity index (χ0n) is 8.50. The zero-order valence-corrected chi connectivity index (χ0v) is 8.50. The van der Waals surface area contributed by atoms with Crippen LogP contribution in [0.2, 0.25) is 0 Å². The van der Waals surface area contributed by atoms with Gasteiger partial charge in [-0.1, -0.05) is 6.07 Å². The van der Waals surface area contributed by atoms with E-state index < -0.39 is 0 Å². The Morgan fingerprint density at radius 3 is 3.13 bits per heavy atom. The second-order valence-corrected chi connectivity index (χ2v) is 3.81. The Kier molecular flexibility index (Phi) is 3.06. The molecule has 1 aromatic carbocycles. The first-order valence-corrected chi connectivity index (χ1v) is 5.13. The van der Waals surface area contributed by atoms with Crippen LogP contribution >= 0.6 is 0 Å². The maximum Gasteiger partial charge on any atom is 0.148 e. The molecule has 0 spiro atoms. The molecule has 1 aliphatic rings. The van der Waals surface area contributed by atoms with Gasteiger partial charge in [0.15, 0.2) is 0 Å². The molecule has 0 radical (unpaired) electrons. The van der Waals surface area contributed by atoms with Crippen LogP contribution in [0.5, 0.6) is 0 Å². The third-order valence-corrected chi connectivity index (χ3v) is 2.66. The lowest BCUT2D eigenvalue weighted by Crippen LogP contribution is -2.15. The molecular weight excluding hydrogens is 195 g/mol. The number of halogens is 1. The molecule has 1 unspecified atom stereocenters. The van der Waals surface area contributed by atoms with Gasteiger partial charge >= 0.3 is 0 Å². The number of nitrogens with one attached hydrogen (secondary N) is 1. The Morgan fingerprint density at radius 1 is 1.53 bits per heavy atom. The average Bonchev–Trinajstić information content (AvgIpc) is 2.73. The predicted molar refractivity (Wildman–Crippen MR) is 58.2 cm³/mol. The first kappa shape index (κ1) is 10.2. The van der Waals surface area contributed by atoms with Gasteiger partial charge in [-0.15, -0.1) is 0 Å². The van der Waals surface area contributed by atoms with E-state index in [-0.39, 0.29) is 11.5 Å². The van der Waals surface area contributed by atoms with Crippen LogP contribution in [0, 0.1) is 11.7 Å². The van der Waals surface area contributed by atoms with Crippen LogP contribution in [-0.4, -0.2) is 19.8 Å². The molecule has 1 atom stereocenters. The van der Waals surface area contributed by atoms with E-state index in [1.54, 1.807) is 12.1 Å². The summed E-state index contributed by atoms with van der Waals surface area (Å²) >= 11 is 0. The van der Waals surface area contributed by atoms with Crippen LogP contribution in [0.3, 0.4) is 0 Å². The SMILES string of the molecule is Nc1c(F)cccc1NCC1CCOC1.